The van der Waals surface area contributed by atoms with Crippen LogP contribution in [0.2, 0.25) is 0 Å². The quantitative estimate of drug-likeness (QED) is 0.759. The summed E-state index contributed by atoms with van der Waals surface area (Å²) < 4.78 is 0. The molecule has 0 saturated carbocycles. The molecule has 1 heterocycles. The number of rotatable bonds is 2. The van der Waals surface area contributed by atoms with Crippen molar-refractivity contribution in [1.29, 1.82) is 0 Å². The van der Waals surface area contributed by atoms with Crippen molar-refractivity contribution in [2.24, 2.45) is 0 Å². The Kier molecular flexibility index (Phi) is 3.04. The van der Waals surface area contributed by atoms with Gasteiger partial charge in [-0.1, -0.05) is 18.2 Å². The number of benzene rings is 1. The number of fused-ring (bicyclic) bond motifs is 1. The van der Waals surface area contributed by atoms with E-state index in [0.29, 0.717) is 6.42 Å². The first kappa shape index (κ1) is 10.9. The van der Waals surface area contributed by atoms with Crippen LogP contribution in [0.5, 0.6) is 0 Å². The van der Waals surface area contributed by atoms with E-state index in [9.17, 15) is 9.59 Å². The van der Waals surface area contributed by atoms with Crippen molar-refractivity contribution in [2.75, 3.05) is 11.4 Å². The van der Waals surface area contributed by atoms with Gasteiger partial charge >= 0.3 is 0 Å². The summed E-state index contributed by atoms with van der Waals surface area (Å²) in [5.74, 6) is 0.0743. The van der Waals surface area contributed by atoms with Gasteiger partial charge in [0.1, 0.15) is 5.78 Å². The molecule has 1 aliphatic rings. The third kappa shape index (κ3) is 2.13. The second-order valence-electron chi connectivity index (χ2n) is 4.16. The number of amides is 1. The zero-order chi connectivity index (χ0) is 11.5. The van der Waals surface area contributed by atoms with E-state index in [1.807, 2.05) is 24.3 Å². The van der Waals surface area contributed by atoms with Crippen LogP contribution < -0.4 is 4.90 Å². The number of nitrogens with zero attached hydrogens (tertiary/aromatic N) is 1. The zero-order valence-corrected chi connectivity index (χ0v) is 9.40. The monoisotopic (exact) mass is 217 g/mol. The number of Topliss-reactive ketones (excluding diaryl/α,β-unsaturated/α-hetero) is 1. The van der Waals surface area contributed by atoms with Crippen molar-refractivity contribution >= 4 is 17.4 Å². The topological polar surface area (TPSA) is 37.4 Å². The molecule has 3 heteroatoms. The Labute approximate surface area is 95.1 Å². The number of hydrogen-bond donors (Lipinski definition) is 0. The van der Waals surface area contributed by atoms with Gasteiger partial charge in [0.05, 0.1) is 6.54 Å². The maximum absolute atomic E-state index is 11.9. The van der Waals surface area contributed by atoms with Gasteiger partial charge < -0.3 is 4.90 Å². The Bertz CT molecular complexity index is 426. The van der Waals surface area contributed by atoms with E-state index in [-0.39, 0.29) is 18.2 Å². The van der Waals surface area contributed by atoms with Gasteiger partial charge in [-0.05, 0) is 31.4 Å². The Hall–Kier alpha value is -1.64. The molecule has 0 aliphatic carbocycles. The van der Waals surface area contributed by atoms with Crippen molar-refractivity contribution in [2.45, 2.75) is 26.2 Å². The standard InChI is InChI=1S/C13H15NO2/c1-10(15)9-14-12-7-3-2-5-11(12)6-4-8-13(14)16/h2-3,5,7H,4,6,8-9H2,1H3. The maximum Gasteiger partial charge on any atom is 0.227 e. The largest absolute Gasteiger partial charge is 0.305 e. The van der Waals surface area contributed by atoms with E-state index in [1.54, 1.807) is 4.90 Å². The van der Waals surface area contributed by atoms with Crippen LogP contribution in [0.1, 0.15) is 25.3 Å². The number of aryl methyl sites for hydroxylation is 1. The first-order chi connectivity index (χ1) is 7.68. The molecule has 0 radical (unpaired) electrons. The first-order valence-corrected chi connectivity index (χ1v) is 5.56. The molecule has 0 unspecified atom stereocenters. The Balaban J connectivity index is 2.39. The summed E-state index contributed by atoms with van der Waals surface area (Å²) >= 11 is 0. The molecule has 0 N–H and O–H groups in total. The molecule has 1 aliphatic heterocycles. The van der Waals surface area contributed by atoms with Gasteiger partial charge in [-0.25, -0.2) is 0 Å². The van der Waals surface area contributed by atoms with E-state index in [4.69, 9.17) is 0 Å². The van der Waals surface area contributed by atoms with Gasteiger partial charge in [-0.15, -0.1) is 0 Å². The van der Waals surface area contributed by atoms with Crippen LogP contribution in [0.4, 0.5) is 5.69 Å². The average molecular weight is 217 g/mol. The molecule has 0 spiro atoms. The predicted octanol–water partition coefficient (Wildman–Crippen LogP) is 1.94. The van der Waals surface area contributed by atoms with Crippen molar-refractivity contribution < 1.29 is 9.59 Å². The number of para-hydroxylation sites is 1. The molecule has 0 aromatic heterocycles. The highest BCUT2D eigenvalue weighted by Gasteiger charge is 2.22. The number of hydrogen-bond acceptors (Lipinski definition) is 2. The number of carbonyl (C=O) groups excluding carboxylic acids is 2. The van der Waals surface area contributed by atoms with Crippen molar-refractivity contribution in [3.63, 3.8) is 0 Å². The highest BCUT2D eigenvalue weighted by molar-refractivity contribution is 5.99. The summed E-state index contributed by atoms with van der Waals surface area (Å²) in [6, 6.07) is 7.83. The molecule has 0 saturated heterocycles. The zero-order valence-electron chi connectivity index (χ0n) is 9.40. The lowest BCUT2D eigenvalue weighted by molar-refractivity contribution is -0.121. The van der Waals surface area contributed by atoms with Crippen LogP contribution in [-0.2, 0) is 16.0 Å². The van der Waals surface area contributed by atoms with Crippen LogP contribution in [0.15, 0.2) is 24.3 Å². The lowest BCUT2D eigenvalue weighted by Crippen LogP contribution is -2.34. The van der Waals surface area contributed by atoms with Crippen LogP contribution in [0.3, 0.4) is 0 Å². The Morgan fingerprint density at radius 3 is 2.81 bits per heavy atom. The van der Waals surface area contributed by atoms with Gasteiger partial charge in [0.25, 0.3) is 0 Å². The fourth-order valence-electron chi connectivity index (χ4n) is 2.08. The molecule has 2 rings (SSSR count). The van der Waals surface area contributed by atoms with Crippen molar-refractivity contribution in [1.82, 2.24) is 0 Å². The minimum absolute atomic E-state index is 0.0186. The van der Waals surface area contributed by atoms with E-state index in [1.165, 1.54) is 6.92 Å². The second kappa shape index (κ2) is 4.47. The van der Waals surface area contributed by atoms with Gasteiger partial charge in [0, 0.05) is 12.1 Å². The summed E-state index contributed by atoms with van der Waals surface area (Å²) in [5, 5.41) is 0. The van der Waals surface area contributed by atoms with Crippen molar-refractivity contribution in [3.8, 4) is 0 Å². The molecule has 84 valence electrons. The molecule has 0 bridgehead atoms. The first-order valence-electron chi connectivity index (χ1n) is 5.56. The van der Waals surface area contributed by atoms with E-state index < -0.39 is 0 Å². The number of carbonyl (C=O) groups is 2. The summed E-state index contributed by atoms with van der Waals surface area (Å²) in [7, 11) is 0. The molecule has 16 heavy (non-hydrogen) atoms. The van der Waals surface area contributed by atoms with Crippen LogP contribution >= 0.6 is 0 Å². The molecular formula is C13H15NO2. The summed E-state index contributed by atoms with van der Waals surface area (Å²) in [5.41, 5.74) is 2.06. The van der Waals surface area contributed by atoms with E-state index in [2.05, 4.69) is 0 Å². The summed E-state index contributed by atoms with van der Waals surface area (Å²) in [6.07, 6.45) is 2.31. The lowest BCUT2D eigenvalue weighted by atomic mass is 10.1. The molecule has 1 amide bonds. The minimum Gasteiger partial charge on any atom is -0.305 e. The molecule has 1 aromatic rings. The number of anilines is 1. The smallest absolute Gasteiger partial charge is 0.227 e. The normalized spacial score (nSPS) is 15.6. The fourth-order valence-corrected chi connectivity index (χ4v) is 2.08. The molecular weight excluding hydrogens is 202 g/mol. The third-order valence-corrected chi connectivity index (χ3v) is 2.80. The molecule has 0 fully saturated rings. The highest BCUT2D eigenvalue weighted by atomic mass is 16.2. The SMILES string of the molecule is CC(=O)CN1C(=O)CCCc2ccccc21. The Morgan fingerprint density at radius 2 is 2.06 bits per heavy atom. The van der Waals surface area contributed by atoms with Gasteiger partial charge in [0.15, 0.2) is 0 Å². The van der Waals surface area contributed by atoms with Gasteiger partial charge in [0.2, 0.25) is 5.91 Å². The molecule has 3 nitrogen and oxygen atoms in total. The van der Waals surface area contributed by atoms with Gasteiger partial charge in [-0.2, -0.15) is 0 Å². The van der Waals surface area contributed by atoms with E-state index >= 15 is 0 Å². The second-order valence-corrected chi connectivity index (χ2v) is 4.16. The molecule has 0 atom stereocenters. The van der Waals surface area contributed by atoms with Crippen LogP contribution in [0, 0.1) is 0 Å². The molecule has 1 aromatic carbocycles. The summed E-state index contributed by atoms with van der Waals surface area (Å²) in [4.78, 5) is 24.7. The van der Waals surface area contributed by atoms with Crippen LogP contribution in [-0.4, -0.2) is 18.2 Å². The predicted molar refractivity (Wildman–Crippen MR) is 62.4 cm³/mol. The average Bonchev–Trinajstić information content (AvgIpc) is 2.40. The lowest BCUT2D eigenvalue weighted by Gasteiger charge is -2.21. The van der Waals surface area contributed by atoms with E-state index in [0.717, 1.165) is 24.1 Å². The summed E-state index contributed by atoms with van der Waals surface area (Å²) in [6.45, 7) is 1.70. The minimum atomic E-state index is 0.0186. The van der Waals surface area contributed by atoms with Gasteiger partial charge in [-0.3, -0.25) is 9.59 Å². The number of ketones is 1. The maximum atomic E-state index is 11.9. The van der Waals surface area contributed by atoms with Crippen LogP contribution in [0.25, 0.3) is 0 Å². The fraction of sp³-hybridized carbons (Fsp3) is 0.385. The third-order valence-electron chi connectivity index (χ3n) is 2.80. The van der Waals surface area contributed by atoms with Crippen molar-refractivity contribution in [3.05, 3.63) is 29.8 Å². The highest BCUT2D eigenvalue weighted by Crippen LogP contribution is 2.26. The Morgan fingerprint density at radius 1 is 1.31 bits per heavy atom.